The summed E-state index contributed by atoms with van der Waals surface area (Å²) in [5, 5.41) is 19.3. The first-order valence-corrected chi connectivity index (χ1v) is 6.80. The van der Waals surface area contributed by atoms with Crippen molar-refractivity contribution in [3.05, 3.63) is 29.0 Å². The number of benzene rings is 1. The molecule has 23 heavy (non-hydrogen) atoms. The molecule has 2 N–H and O–H groups in total. The summed E-state index contributed by atoms with van der Waals surface area (Å²) >= 11 is 0. The Morgan fingerprint density at radius 3 is 2.96 bits per heavy atom. The fourth-order valence-electron chi connectivity index (χ4n) is 2.28. The van der Waals surface area contributed by atoms with Gasteiger partial charge in [-0.05, 0) is 19.1 Å². The highest BCUT2D eigenvalue weighted by atomic mass is 16.7. The van der Waals surface area contributed by atoms with E-state index in [0.717, 1.165) is 0 Å². The number of aromatic carboxylic acids is 1. The lowest BCUT2D eigenvalue weighted by Crippen LogP contribution is -2.14. The SMILES string of the molecule is CCOC(=O)c1n[nH]nc1-c1cc(C(=O)O)cc2c1OCOC2. The minimum absolute atomic E-state index is 0.0268. The first kappa shape index (κ1) is 15.0. The van der Waals surface area contributed by atoms with Crippen molar-refractivity contribution in [2.75, 3.05) is 13.4 Å². The van der Waals surface area contributed by atoms with E-state index in [1.54, 1.807) is 6.92 Å². The van der Waals surface area contributed by atoms with E-state index in [2.05, 4.69) is 15.4 Å². The minimum Gasteiger partial charge on any atom is -0.478 e. The molecule has 0 spiro atoms. The summed E-state index contributed by atoms with van der Waals surface area (Å²) in [7, 11) is 0. The molecule has 1 aromatic heterocycles. The van der Waals surface area contributed by atoms with Crippen molar-refractivity contribution in [2.24, 2.45) is 0 Å². The van der Waals surface area contributed by atoms with Gasteiger partial charge < -0.3 is 19.3 Å². The van der Waals surface area contributed by atoms with Crippen molar-refractivity contribution in [1.29, 1.82) is 0 Å². The third kappa shape index (κ3) is 2.73. The van der Waals surface area contributed by atoms with Crippen LogP contribution in [-0.2, 0) is 16.1 Å². The van der Waals surface area contributed by atoms with Gasteiger partial charge in [-0.2, -0.15) is 10.3 Å². The molecule has 0 fully saturated rings. The highest BCUT2D eigenvalue weighted by Gasteiger charge is 2.26. The van der Waals surface area contributed by atoms with E-state index >= 15 is 0 Å². The molecule has 3 rings (SSSR count). The summed E-state index contributed by atoms with van der Waals surface area (Å²) in [5.41, 5.74) is 1.08. The van der Waals surface area contributed by atoms with Gasteiger partial charge in [-0.15, -0.1) is 5.10 Å². The van der Waals surface area contributed by atoms with Crippen LogP contribution in [0.25, 0.3) is 11.3 Å². The van der Waals surface area contributed by atoms with Crippen molar-refractivity contribution in [1.82, 2.24) is 15.4 Å². The van der Waals surface area contributed by atoms with Gasteiger partial charge >= 0.3 is 11.9 Å². The van der Waals surface area contributed by atoms with E-state index in [1.165, 1.54) is 12.1 Å². The number of carbonyl (C=O) groups is 2. The molecule has 0 saturated carbocycles. The summed E-state index contributed by atoms with van der Waals surface area (Å²) in [6, 6.07) is 2.84. The van der Waals surface area contributed by atoms with Gasteiger partial charge in [0.2, 0.25) is 0 Å². The molecule has 0 aliphatic carbocycles. The number of carboxylic acid groups (broad SMARTS) is 1. The number of hydrogen-bond donors (Lipinski definition) is 2. The molecule has 9 nitrogen and oxygen atoms in total. The Morgan fingerprint density at radius 2 is 2.22 bits per heavy atom. The molecule has 0 unspecified atom stereocenters. The third-order valence-electron chi connectivity index (χ3n) is 3.23. The maximum absolute atomic E-state index is 12.0. The second kappa shape index (κ2) is 6.05. The lowest BCUT2D eigenvalue weighted by Gasteiger charge is -2.20. The average Bonchev–Trinajstić information content (AvgIpc) is 3.03. The van der Waals surface area contributed by atoms with Crippen LogP contribution in [0.4, 0.5) is 0 Å². The van der Waals surface area contributed by atoms with Gasteiger partial charge in [0, 0.05) is 11.1 Å². The van der Waals surface area contributed by atoms with Crippen LogP contribution in [0.2, 0.25) is 0 Å². The number of nitrogens with one attached hydrogen (secondary N) is 1. The summed E-state index contributed by atoms with van der Waals surface area (Å²) in [6.07, 6.45) is 0. The Balaban J connectivity index is 2.16. The number of nitrogens with zero attached hydrogens (tertiary/aromatic N) is 2. The number of aromatic nitrogens is 3. The summed E-state index contributed by atoms with van der Waals surface area (Å²) < 4.78 is 15.6. The van der Waals surface area contributed by atoms with E-state index in [9.17, 15) is 14.7 Å². The molecule has 0 atom stereocenters. The number of esters is 1. The predicted octanol–water partition coefficient (Wildman–Crippen LogP) is 1.21. The van der Waals surface area contributed by atoms with Crippen molar-refractivity contribution >= 4 is 11.9 Å². The Morgan fingerprint density at radius 1 is 1.39 bits per heavy atom. The zero-order chi connectivity index (χ0) is 16.4. The molecule has 0 amide bonds. The second-order valence-corrected chi connectivity index (χ2v) is 4.67. The Labute approximate surface area is 130 Å². The number of hydrogen-bond acceptors (Lipinski definition) is 7. The Hall–Kier alpha value is -2.94. The fourth-order valence-corrected chi connectivity index (χ4v) is 2.28. The van der Waals surface area contributed by atoms with Crippen LogP contribution in [0.3, 0.4) is 0 Å². The van der Waals surface area contributed by atoms with Gasteiger partial charge in [-0.1, -0.05) is 0 Å². The number of carbonyl (C=O) groups excluding carboxylic acids is 1. The monoisotopic (exact) mass is 319 g/mol. The zero-order valence-electron chi connectivity index (χ0n) is 12.2. The molecule has 1 aliphatic rings. The highest BCUT2D eigenvalue weighted by Crippen LogP contribution is 2.37. The topological polar surface area (TPSA) is 124 Å². The van der Waals surface area contributed by atoms with Crippen LogP contribution >= 0.6 is 0 Å². The van der Waals surface area contributed by atoms with E-state index in [-0.39, 0.29) is 37.0 Å². The second-order valence-electron chi connectivity index (χ2n) is 4.67. The molecule has 120 valence electrons. The number of aromatic amines is 1. The van der Waals surface area contributed by atoms with Crippen molar-refractivity contribution < 1.29 is 28.9 Å². The lowest BCUT2D eigenvalue weighted by atomic mass is 10.0. The molecule has 0 radical (unpaired) electrons. The standard InChI is InChI=1S/C14H13N3O6/c1-2-22-14(20)11-10(15-17-16-11)9-4-7(13(18)19)3-8-5-21-6-23-12(8)9/h3-4H,2,5-6H2,1H3,(H,18,19)(H,15,16,17). The first-order chi connectivity index (χ1) is 11.1. The van der Waals surface area contributed by atoms with E-state index in [4.69, 9.17) is 14.2 Å². The molecular weight excluding hydrogens is 306 g/mol. The summed E-state index contributed by atoms with van der Waals surface area (Å²) in [4.78, 5) is 23.3. The van der Waals surface area contributed by atoms with Gasteiger partial charge in [0.05, 0.1) is 18.8 Å². The number of H-pyrrole nitrogens is 1. The molecule has 1 aliphatic heterocycles. The summed E-state index contributed by atoms with van der Waals surface area (Å²) in [5.74, 6) is -1.35. The van der Waals surface area contributed by atoms with Crippen LogP contribution in [0.5, 0.6) is 5.75 Å². The molecule has 2 aromatic rings. The zero-order valence-corrected chi connectivity index (χ0v) is 12.2. The van der Waals surface area contributed by atoms with Gasteiger partial charge in [0.25, 0.3) is 0 Å². The lowest BCUT2D eigenvalue weighted by molar-refractivity contribution is -0.0159. The van der Waals surface area contributed by atoms with Gasteiger partial charge in [-0.25, -0.2) is 9.59 Å². The Kier molecular flexibility index (Phi) is 3.94. The van der Waals surface area contributed by atoms with Crippen LogP contribution in [0.15, 0.2) is 12.1 Å². The quantitative estimate of drug-likeness (QED) is 0.806. The molecule has 2 heterocycles. The Bertz CT molecular complexity index is 770. The number of rotatable bonds is 4. The highest BCUT2D eigenvalue weighted by molar-refractivity contribution is 5.97. The van der Waals surface area contributed by atoms with Crippen LogP contribution < -0.4 is 4.74 Å². The van der Waals surface area contributed by atoms with Crippen molar-refractivity contribution in [2.45, 2.75) is 13.5 Å². The van der Waals surface area contributed by atoms with E-state index in [1.807, 2.05) is 0 Å². The van der Waals surface area contributed by atoms with Crippen LogP contribution in [0.1, 0.15) is 33.3 Å². The number of ether oxygens (including phenoxy) is 3. The van der Waals surface area contributed by atoms with Crippen molar-refractivity contribution in [3.8, 4) is 17.0 Å². The van der Waals surface area contributed by atoms with Gasteiger partial charge in [0.1, 0.15) is 11.4 Å². The van der Waals surface area contributed by atoms with Crippen LogP contribution in [-0.4, -0.2) is 45.9 Å². The molecule has 1 aromatic carbocycles. The molecule has 0 saturated heterocycles. The summed E-state index contributed by atoms with van der Waals surface area (Å²) in [6.45, 7) is 2.09. The fraction of sp³-hybridized carbons (Fsp3) is 0.286. The number of fused-ring (bicyclic) bond motifs is 1. The predicted molar refractivity (Wildman–Crippen MR) is 75.0 cm³/mol. The third-order valence-corrected chi connectivity index (χ3v) is 3.23. The van der Waals surface area contributed by atoms with Crippen LogP contribution in [0, 0.1) is 0 Å². The van der Waals surface area contributed by atoms with E-state index < -0.39 is 11.9 Å². The first-order valence-electron chi connectivity index (χ1n) is 6.80. The van der Waals surface area contributed by atoms with E-state index in [0.29, 0.717) is 16.9 Å². The molecule has 9 heteroatoms. The normalized spacial score (nSPS) is 13.1. The smallest absolute Gasteiger partial charge is 0.361 e. The largest absolute Gasteiger partial charge is 0.478 e. The maximum atomic E-state index is 12.0. The minimum atomic E-state index is -1.11. The molecule has 0 bridgehead atoms. The van der Waals surface area contributed by atoms with Gasteiger partial charge in [0.15, 0.2) is 12.5 Å². The maximum Gasteiger partial charge on any atom is 0.361 e. The average molecular weight is 319 g/mol. The van der Waals surface area contributed by atoms with Gasteiger partial charge in [-0.3, -0.25) is 0 Å². The number of carboxylic acids is 1. The van der Waals surface area contributed by atoms with Crippen molar-refractivity contribution in [3.63, 3.8) is 0 Å². The molecular formula is C14H13N3O6.